The minimum atomic E-state index is -0.179. The van der Waals surface area contributed by atoms with Gasteiger partial charge in [-0.05, 0) is 117 Å². The van der Waals surface area contributed by atoms with Crippen LogP contribution in [-0.2, 0) is 18.6 Å². The van der Waals surface area contributed by atoms with Gasteiger partial charge in [0.15, 0.2) is 0 Å². The van der Waals surface area contributed by atoms with Crippen LogP contribution in [0.5, 0.6) is 11.5 Å². The minimum absolute atomic E-state index is 0.00854. The fraction of sp³-hybridized carbons (Fsp3) is 0.824. The first kappa shape index (κ1) is 38.0. The lowest BCUT2D eigenvalue weighted by molar-refractivity contribution is -0.184. The van der Waals surface area contributed by atoms with Crippen LogP contribution in [0, 0.1) is 33.1 Å². The third-order valence-corrected chi connectivity index (χ3v) is 10.8. The third-order valence-electron chi connectivity index (χ3n) is 10.8. The molecule has 0 aliphatic carbocycles. The Balaban J connectivity index is 0.000000228. The van der Waals surface area contributed by atoms with E-state index >= 15 is 0 Å². The summed E-state index contributed by atoms with van der Waals surface area (Å²) in [6.45, 7) is 42.6. The summed E-state index contributed by atoms with van der Waals surface area (Å²) < 4.78 is 35.5. The Morgan fingerprint density at radius 1 is 0.395 bits per heavy atom. The third kappa shape index (κ3) is 7.64. The first-order valence-electron chi connectivity index (χ1n) is 16.4. The van der Waals surface area contributed by atoms with Crippen molar-refractivity contribution in [2.75, 3.05) is 0 Å². The van der Waals surface area contributed by atoms with Crippen molar-refractivity contribution in [2.24, 2.45) is 5.41 Å². The Hall–Kier alpha value is -1.15. The van der Waals surface area contributed by atoms with Crippen molar-refractivity contribution in [1.29, 1.82) is 0 Å². The van der Waals surface area contributed by atoms with Crippen LogP contribution in [0.15, 0.2) is 0 Å². The molecule has 0 radical (unpaired) electrons. The van der Waals surface area contributed by atoms with Crippen molar-refractivity contribution in [3.63, 3.8) is 0 Å². The maximum Gasteiger partial charge on any atom is 0.597 e. The SMILES string of the molecule is CC(C)B1OC(C)(C)C(C)(C)C(C)(C)O1.CC(C)B1OC(C)(C)C(C)(C)O1.Cc1c(C)c(C)c2c(c1C)OB(C(C)C)O2. The fourth-order valence-electron chi connectivity index (χ4n) is 5.11. The fourth-order valence-corrected chi connectivity index (χ4v) is 5.11. The summed E-state index contributed by atoms with van der Waals surface area (Å²) in [5, 5.41) is 0. The van der Waals surface area contributed by atoms with Gasteiger partial charge in [-0.3, -0.25) is 0 Å². The Labute approximate surface area is 266 Å². The summed E-state index contributed by atoms with van der Waals surface area (Å²) in [5.41, 5.74) is 4.35. The van der Waals surface area contributed by atoms with Gasteiger partial charge in [0.05, 0.1) is 22.4 Å². The molecule has 1 aromatic carbocycles. The Morgan fingerprint density at radius 2 is 0.651 bits per heavy atom. The molecule has 9 heteroatoms. The molecule has 0 aromatic heterocycles. The molecule has 1 aromatic rings. The van der Waals surface area contributed by atoms with E-state index in [0.717, 1.165) is 11.5 Å². The van der Waals surface area contributed by atoms with Crippen molar-refractivity contribution in [3.05, 3.63) is 22.3 Å². The number of benzene rings is 1. The number of hydrogen-bond donors (Lipinski definition) is 0. The van der Waals surface area contributed by atoms with Crippen molar-refractivity contribution in [2.45, 2.75) is 178 Å². The lowest BCUT2D eigenvalue weighted by atomic mass is 9.60. The smallest absolute Gasteiger partial charge is 0.523 e. The second-order valence-corrected chi connectivity index (χ2v) is 16.4. The molecule has 0 amide bonds. The predicted octanol–water partition coefficient (Wildman–Crippen LogP) is 9.59. The van der Waals surface area contributed by atoms with Gasteiger partial charge in [0.25, 0.3) is 0 Å². The topological polar surface area (TPSA) is 55.4 Å². The zero-order valence-corrected chi connectivity index (χ0v) is 31.4. The molecular formula is C34H63B3O6. The van der Waals surface area contributed by atoms with Crippen LogP contribution in [0.2, 0.25) is 17.5 Å². The van der Waals surface area contributed by atoms with Gasteiger partial charge in [-0.1, -0.05) is 55.4 Å². The molecule has 3 aliphatic heterocycles. The second-order valence-electron chi connectivity index (χ2n) is 16.4. The summed E-state index contributed by atoms with van der Waals surface area (Å²) in [4.78, 5) is 0. The molecule has 0 spiro atoms. The molecule has 2 fully saturated rings. The van der Waals surface area contributed by atoms with Gasteiger partial charge in [-0.25, -0.2) is 0 Å². The number of fused-ring (bicyclic) bond motifs is 1. The van der Waals surface area contributed by atoms with E-state index in [0.29, 0.717) is 17.5 Å². The molecule has 43 heavy (non-hydrogen) atoms. The first-order valence-corrected chi connectivity index (χ1v) is 16.4. The van der Waals surface area contributed by atoms with Gasteiger partial charge in [-0.2, -0.15) is 0 Å². The molecule has 3 aliphatic rings. The maximum absolute atomic E-state index is 6.06. The van der Waals surface area contributed by atoms with Gasteiger partial charge in [0.1, 0.15) is 11.5 Å². The van der Waals surface area contributed by atoms with Crippen LogP contribution >= 0.6 is 0 Å². The Bertz CT molecular complexity index is 1050. The van der Waals surface area contributed by atoms with Crippen LogP contribution in [0.3, 0.4) is 0 Å². The lowest BCUT2D eigenvalue weighted by Gasteiger charge is -2.57. The Kier molecular flexibility index (Phi) is 11.4. The van der Waals surface area contributed by atoms with Crippen molar-refractivity contribution in [3.8, 4) is 11.5 Å². The predicted molar refractivity (Wildman–Crippen MR) is 184 cm³/mol. The van der Waals surface area contributed by atoms with Crippen LogP contribution in [-0.4, -0.2) is 43.8 Å². The second kappa shape index (κ2) is 12.9. The van der Waals surface area contributed by atoms with Crippen LogP contribution in [0.25, 0.3) is 0 Å². The average molecular weight is 600 g/mol. The minimum Gasteiger partial charge on any atom is -0.523 e. The van der Waals surface area contributed by atoms with Gasteiger partial charge < -0.3 is 27.9 Å². The Morgan fingerprint density at radius 3 is 0.907 bits per heavy atom. The van der Waals surface area contributed by atoms with Crippen LogP contribution in [0.1, 0.15) is 133 Å². The molecule has 0 bridgehead atoms. The first-order chi connectivity index (χ1) is 19.2. The average Bonchev–Trinajstić information content (AvgIpc) is 3.39. The molecule has 0 N–H and O–H groups in total. The van der Waals surface area contributed by atoms with E-state index in [1.165, 1.54) is 22.3 Å². The molecule has 6 nitrogen and oxygen atoms in total. The van der Waals surface area contributed by atoms with Gasteiger partial charge in [0, 0.05) is 11.2 Å². The highest BCUT2D eigenvalue weighted by atomic mass is 16.7. The van der Waals surface area contributed by atoms with Gasteiger partial charge >= 0.3 is 21.4 Å². The number of hydrogen-bond acceptors (Lipinski definition) is 6. The van der Waals surface area contributed by atoms with E-state index < -0.39 is 0 Å². The standard InChI is InChI=1S/C13H19BO2.C12H25BO2.C9H19BO2/c1-7(2)14-15-12-10(5)8(3)9(4)11(6)13(12)16-14;1-9(2)13-14-11(5,6)10(3,4)12(7,8)15-13;1-7(2)10-11-8(3,4)9(5,6)12-10/h7H,1-6H3;9H,1-8H3;7H,1-6H3. The van der Waals surface area contributed by atoms with Crippen molar-refractivity contribution in [1.82, 2.24) is 0 Å². The zero-order valence-electron chi connectivity index (χ0n) is 31.4. The summed E-state index contributed by atoms with van der Waals surface area (Å²) >= 11 is 0. The van der Waals surface area contributed by atoms with Crippen LogP contribution in [0.4, 0.5) is 0 Å². The highest BCUT2D eigenvalue weighted by Gasteiger charge is 2.57. The van der Waals surface area contributed by atoms with E-state index in [1.54, 1.807) is 0 Å². The molecule has 4 rings (SSSR count). The maximum atomic E-state index is 6.06. The van der Waals surface area contributed by atoms with Crippen LogP contribution < -0.4 is 9.31 Å². The normalized spacial score (nSPS) is 22.4. The largest absolute Gasteiger partial charge is 0.597 e. The van der Waals surface area contributed by atoms with E-state index in [2.05, 4.69) is 138 Å². The van der Waals surface area contributed by atoms with Gasteiger partial charge in [-0.15, -0.1) is 0 Å². The molecular weight excluding hydrogens is 537 g/mol. The quantitative estimate of drug-likeness (QED) is 0.322. The van der Waals surface area contributed by atoms with Crippen molar-refractivity contribution >= 4 is 21.4 Å². The van der Waals surface area contributed by atoms with E-state index in [9.17, 15) is 0 Å². The number of rotatable bonds is 3. The molecule has 244 valence electrons. The monoisotopic (exact) mass is 600 g/mol. The van der Waals surface area contributed by atoms with E-state index in [-0.39, 0.29) is 49.2 Å². The van der Waals surface area contributed by atoms with Gasteiger partial charge in [0.2, 0.25) is 0 Å². The van der Waals surface area contributed by atoms with E-state index in [1.807, 2.05) is 0 Å². The highest BCUT2D eigenvalue weighted by Crippen LogP contribution is 2.50. The summed E-state index contributed by atoms with van der Waals surface area (Å²) in [6.07, 6.45) is 0. The summed E-state index contributed by atoms with van der Waals surface area (Å²) in [7, 11) is -0.272. The molecule has 0 saturated carbocycles. The highest BCUT2D eigenvalue weighted by molar-refractivity contribution is 6.49. The molecule has 3 heterocycles. The molecule has 0 unspecified atom stereocenters. The lowest BCUT2D eigenvalue weighted by Crippen LogP contribution is -2.64. The van der Waals surface area contributed by atoms with E-state index in [4.69, 9.17) is 27.9 Å². The molecule has 2 saturated heterocycles. The zero-order chi connectivity index (χ0) is 33.7. The molecule has 0 atom stereocenters. The van der Waals surface area contributed by atoms with Crippen molar-refractivity contribution < 1.29 is 27.9 Å². The summed E-state index contributed by atoms with van der Waals surface area (Å²) in [5.74, 6) is 3.07. The summed E-state index contributed by atoms with van der Waals surface area (Å²) in [6, 6.07) is 0.